The lowest BCUT2D eigenvalue weighted by molar-refractivity contribution is 0.217. The third kappa shape index (κ3) is 3.18. The molecule has 0 aromatic carbocycles. The number of anilines is 1. The number of rotatable bonds is 3. The summed E-state index contributed by atoms with van der Waals surface area (Å²) in [7, 11) is 2.21. The van der Waals surface area contributed by atoms with E-state index in [2.05, 4.69) is 27.6 Å². The van der Waals surface area contributed by atoms with Gasteiger partial charge in [-0.2, -0.15) is 0 Å². The van der Waals surface area contributed by atoms with Crippen LogP contribution in [-0.4, -0.2) is 36.6 Å². The van der Waals surface area contributed by atoms with Gasteiger partial charge >= 0.3 is 0 Å². The summed E-state index contributed by atoms with van der Waals surface area (Å²) in [6, 6.07) is 0. The van der Waals surface area contributed by atoms with Crippen molar-refractivity contribution in [2.45, 2.75) is 19.8 Å². The lowest BCUT2D eigenvalue weighted by Crippen LogP contribution is -2.35. The highest BCUT2D eigenvalue weighted by Crippen LogP contribution is 2.18. The standard InChI is InChI=1S/C11H19N3S/c1-9-8-15-11(13-9)12-6-10-4-3-5-14(2)7-10/h8,10H,3-7H2,1-2H3,(H,12,13). The zero-order valence-corrected chi connectivity index (χ0v) is 10.3. The van der Waals surface area contributed by atoms with E-state index in [1.807, 2.05) is 6.92 Å². The highest BCUT2D eigenvalue weighted by molar-refractivity contribution is 7.13. The summed E-state index contributed by atoms with van der Waals surface area (Å²) in [5.41, 5.74) is 1.11. The molecule has 15 heavy (non-hydrogen) atoms. The molecule has 0 bridgehead atoms. The number of likely N-dealkylation sites (tertiary alicyclic amines) is 1. The molecule has 3 nitrogen and oxygen atoms in total. The second-order valence-corrected chi connectivity index (χ2v) is 5.30. The van der Waals surface area contributed by atoms with E-state index < -0.39 is 0 Å². The molecule has 1 aromatic heterocycles. The van der Waals surface area contributed by atoms with Gasteiger partial charge in [-0.15, -0.1) is 11.3 Å². The van der Waals surface area contributed by atoms with Crippen LogP contribution < -0.4 is 5.32 Å². The Morgan fingerprint density at radius 1 is 1.67 bits per heavy atom. The molecule has 4 heteroatoms. The molecule has 1 saturated heterocycles. The number of aromatic nitrogens is 1. The molecule has 1 fully saturated rings. The lowest BCUT2D eigenvalue weighted by atomic mass is 9.99. The Morgan fingerprint density at radius 3 is 3.20 bits per heavy atom. The van der Waals surface area contributed by atoms with E-state index in [1.165, 1.54) is 25.9 Å². The third-order valence-electron chi connectivity index (χ3n) is 2.88. The fraction of sp³-hybridized carbons (Fsp3) is 0.727. The maximum absolute atomic E-state index is 4.41. The Morgan fingerprint density at radius 2 is 2.53 bits per heavy atom. The average molecular weight is 225 g/mol. The number of aryl methyl sites for hydroxylation is 1. The van der Waals surface area contributed by atoms with Gasteiger partial charge in [0.2, 0.25) is 0 Å². The average Bonchev–Trinajstić information content (AvgIpc) is 2.62. The molecule has 0 saturated carbocycles. The van der Waals surface area contributed by atoms with Gasteiger partial charge in [-0.25, -0.2) is 4.98 Å². The normalized spacial score (nSPS) is 22.9. The zero-order chi connectivity index (χ0) is 10.7. The van der Waals surface area contributed by atoms with E-state index in [1.54, 1.807) is 11.3 Å². The second-order valence-electron chi connectivity index (χ2n) is 4.45. The molecule has 1 unspecified atom stereocenters. The molecule has 0 radical (unpaired) electrons. The number of thiazole rings is 1. The highest BCUT2D eigenvalue weighted by Gasteiger charge is 2.16. The van der Waals surface area contributed by atoms with E-state index >= 15 is 0 Å². The van der Waals surface area contributed by atoms with Gasteiger partial charge in [0.15, 0.2) is 5.13 Å². The predicted molar refractivity (Wildman–Crippen MR) is 65.6 cm³/mol. The molecule has 2 rings (SSSR count). The summed E-state index contributed by atoms with van der Waals surface area (Å²) >= 11 is 1.70. The molecular formula is C11H19N3S. The van der Waals surface area contributed by atoms with Crippen LogP contribution in [-0.2, 0) is 0 Å². The molecule has 0 aliphatic carbocycles. The Bertz CT molecular complexity index is 311. The van der Waals surface area contributed by atoms with Crippen molar-refractivity contribution in [2.24, 2.45) is 5.92 Å². The van der Waals surface area contributed by atoms with Crippen LogP contribution in [0.5, 0.6) is 0 Å². The van der Waals surface area contributed by atoms with Gasteiger partial charge in [-0.05, 0) is 39.3 Å². The number of piperidine rings is 1. The van der Waals surface area contributed by atoms with Crippen molar-refractivity contribution in [3.05, 3.63) is 11.1 Å². The molecule has 2 heterocycles. The second kappa shape index (κ2) is 4.94. The van der Waals surface area contributed by atoms with Gasteiger partial charge < -0.3 is 10.2 Å². The molecule has 1 aliphatic heterocycles. The summed E-state index contributed by atoms with van der Waals surface area (Å²) in [6.07, 6.45) is 2.68. The Balaban J connectivity index is 1.77. The topological polar surface area (TPSA) is 28.2 Å². The summed E-state index contributed by atoms with van der Waals surface area (Å²) in [5.74, 6) is 0.785. The van der Waals surface area contributed by atoms with E-state index in [9.17, 15) is 0 Å². The Labute approximate surface area is 95.5 Å². The maximum atomic E-state index is 4.41. The van der Waals surface area contributed by atoms with E-state index in [-0.39, 0.29) is 0 Å². The van der Waals surface area contributed by atoms with Crippen LogP contribution in [0, 0.1) is 12.8 Å². The van der Waals surface area contributed by atoms with Crippen LogP contribution in [0.25, 0.3) is 0 Å². The SMILES string of the molecule is Cc1csc(NCC2CCCN(C)C2)n1. The maximum Gasteiger partial charge on any atom is 0.182 e. The first-order valence-corrected chi connectivity index (χ1v) is 6.46. The van der Waals surface area contributed by atoms with Crippen molar-refractivity contribution < 1.29 is 0 Å². The number of nitrogens with zero attached hydrogens (tertiary/aromatic N) is 2. The molecule has 84 valence electrons. The minimum atomic E-state index is 0.785. The summed E-state index contributed by atoms with van der Waals surface area (Å²) < 4.78 is 0. The third-order valence-corrected chi connectivity index (χ3v) is 3.80. The van der Waals surface area contributed by atoms with Gasteiger partial charge in [-0.1, -0.05) is 0 Å². The first kappa shape index (κ1) is 10.9. The van der Waals surface area contributed by atoms with Crippen LogP contribution in [0.1, 0.15) is 18.5 Å². The summed E-state index contributed by atoms with van der Waals surface area (Å²) in [6.45, 7) is 5.58. The van der Waals surface area contributed by atoms with E-state index in [4.69, 9.17) is 0 Å². The van der Waals surface area contributed by atoms with Gasteiger partial charge in [0.25, 0.3) is 0 Å². The number of hydrogen-bond donors (Lipinski definition) is 1. The van der Waals surface area contributed by atoms with Crippen LogP contribution in [0.15, 0.2) is 5.38 Å². The molecular weight excluding hydrogens is 206 g/mol. The van der Waals surface area contributed by atoms with Gasteiger partial charge in [0.05, 0.1) is 5.69 Å². The van der Waals surface area contributed by atoms with Crippen LogP contribution in [0.4, 0.5) is 5.13 Å². The minimum absolute atomic E-state index is 0.785. The van der Waals surface area contributed by atoms with Gasteiger partial charge in [0, 0.05) is 18.5 Å². The number of hydrogen-bond acceptors (Lipinski definition) is 4. The Hall–Kier alpha value is -0.610. The molecule has 1 atom stereocenters. The quantitative estimate of drug-likeness (QED) is 0.855. The van der Waals surface area contributed by atoms with Crippen molar-refractivity contribution in [1.82, 2.24) is 9.88 Å². The molecule has 0 spiro atoms. The first-order chi connectivity index (χ1) is 7.24. The van der Waals surface area contributed by atoms with E-state index in [0.29, 0.717) is 0 Å². The largest absolute Gasteiger partial charge is 0.361 e. The van der Waals surface area contributed by atoms with Crippen molar-refractivity contribution in [3.63, 3.8) is 0 Å². The highest BCUT2D eigenvalue weighted by atomic mass is 32.1. The zero-order valence-electron chi connectivity index (χ0n) is 9.49. The van der Waals surface area contributed by atoms with Crippen molar-refractivity contribution in [2.75, 3.05) is 32.0 Å². The first-order valence-electron chi connectivity index (χ1n) is 5.58. The summed E-state index contributed by atoms with van der Waals surface area (Å²) in [4.78, 5) is 6.83. The Kier molecular flexibility index (Phi) is 3.59. The minimum Gasteiger partial charge on any atom is -0.361 e. The van der Waals surface area contributed by atoms with Crippen LogP contribution in [0.3, 0.4) is 0 Å². The summed E-state index contributed by atoms with van der Waals surface area (Å²) in [5, 5.41) is 6.60. The molecule has 0 amide bonds. The van der Waals surface area contributed by atoms with Gasteiger partial charge in [-0.3, -0.25) is 0 Å². The predicted octanol–water partition coefficient (Wildman–Crippen LogP) is 2.21. The van der Waals surface area contributed by atoms with Crippen molar-refractivity contribution in [1.29, 1.82) is 0 Å². The lowest BCUT2D eigenvalue weighted by Gasteiger charge is -2.29. The fourth-order valence-electron chi connectivity index (χ4n) is 2.11. The van der Waals surface area contributed by atoms with Crippen LogP contribution in [0.2, 0.25) is 0 Å². The van der Waals surface area contributed by atoms with E-state index in [0.717, 1.165) is 23.3 Å². The number of nitrogens with one attached hydrogen (secondary N) is 1. The monoisotopic (exact) mass is 225 g/mol. The van der Waals surface area contributed by atoms with Crippen molar-refractivity contribution in [3.8, 4) is 0 Å². The fourth-order valence-corrected chi connectivity index (χ4v) is 2.80. The molecule has 1 aliphatic rings. The van der Waals surface area contributed by atoms with Crippen LogP contribution >= 0.6 is 11.3 Å². The van der Waals surface area contributed by atoms with Crippen molar-refractivity contribution >= 4 is 16.5 Å². The van der Waals surface area contributed by atoms with Gasteiger partial charge in [0.1, 0.15) is 0 Å². The molecule has 1 N–H and O–H groups in total. The smallest absolute Gasteiger partial charge is 0.182 e. The molecule has 1 aromatic rings.